The second-order valence-electron chi connectivity index (χ2n) is 4.12. The Kier molecular flexibility index (Phi) is 4.63. The average molecular weight is 207 g/mol. The maximum Gasteiger partial charge on any atom is 0.150 e. The molecular weight excluding hydrogens is 186 g/mol. The van der Waals surface area contributed by atoms with Crippen molar-refractivity contribution in [3.05, 3.63) is 29.3 Å². The van der Waals surface area contributed by atoms with Crippen molar-refractivity contribution in [1.29, 1.82) is 0 Å². The fourth-order valence-corrected chi connectivity index (χ4v) is 1.56. The molecule has 2 nitrogen and oxygen atoms in total. The molecule has 0 amide bonds. The van der Waals surface area contributed by atoms with Crippen LogP contribution in [0, 0.1) is 6.92 Å². The molecule has 2 heteroatoms. The maximum atomic E-state index is 5.63. The van der Waals surface area contributed by atoms with Crippen molar-refractivity contribution >= 4 is 0 Å². The lowest BCUT2D eigenvalue weighted by atomic mass is 10.1. The molecule has 0 fully saturated rings. The van der Waals surface area contributed by atoms with Crippen molar-refractivity contribution in [1.82, 2.24) is 5.06 Å². The van der Waals surface area contributed by atoms with Gasteiger partial charge in [0.1, 0.15) is 0 Å². The van der Waals surface area contributed by atoms with Gasteiger partial charge in [0.2, 0.25) is 0 Å². The van der Waals surface area contributed by atoms with E-state index in [-0.39, 0.29) is 0 Å². The van der Waals surface area contributed by atoms with E-state index in [9.17, 15) is 0 Å². The molecule has 0 unspecified atom stereocenters. The first-order chi connectivity index (χ1) is 7.13. The van der Waals surface area contributed by atoms with Crippen molar-refractivity contribution < 1.29 is 4.84 Å². The van der Waals surface area contributed by atoms with Gasteiger partial charge in [-0.25, -0.2) is 0 Å². The summed E-state index contributed by atoms with van der Waals surface area (Å²) < 4.78 is 0. The summed E-state index contributed by atoms with van der Waals surface area (Å²) in [5.74, 6) is 0.985. The van der Waals surface area contributed by atoms with Crippen LogP contribution in [0.5, 0.6) is 5.75 Å². The number of rotatable bonds is 5. The highest BCUT2D eigenvalue weighted by Gasteiger charge is 2.05. The van der Waals surface area contributed by atoms with Crippen LogP contribution in [-0.2, 0) is 6.42 Å². The quantitative estimate of drug-likeness (QED) is 0.687. The molecular formula is C13H21NO. The molecule has 0 N–H and O–H groups in total. The molecule has 0 bridgehead atoms. The third-order valence-electron chi connectivity index (χ3n) is 2.30. The van der Waals surface area contributed by atoms with Gasteiger partial charge in [0.25, 0.3) is 0 Å². The first kappa shape index (κ1) is 12.1. The molecule has 1 rings (SSSR count). The Balaban J connectivity index is 2.82. The van der Waals surface area contributed by atoms with Crippen LogP contribution in [0.2, 0.25) is 0 Å². The van der Waals surface area contributed by atoms with E-state index in [0.29, 0.717) is 0 Å². The van der Waals surface area contributed by atoms with Gasteiger partial charge in [-0.1, -0.05) is 31.0 Å². The summed E-state index contributed by atoms with van der Waals surface area (Å²) in [5.41, 5.74) is 2.61. The topological polar surface area (TPSA) is 12.5 Å². The van der Waals surface area contributed by atoms with E-state index < -0.39 is 0 Å². The minimum absolute atomic E-state index is 0.985. The molecule has 0 aliphatic heterocycles. The number of hydrogen-bond acceptors (Lipinski definition) is 2. The summed E-state index contributed by atoms with van der Waals surface area (Å²) in [6.45, 7) is 4.33. The van der Waals surface area contributed by atoms with Crippen LogP contribution < -0.4 is 4.84 Å². The Labute approximate surface area is 92.8 Å². The standard InChI is InChI=1S/C13H21NO/c1-5-6-7-12-10-11(2)8-9-13(12)15-14(3)4/h8-10H,5-7H2,1-4H3. The lowest BCUT2D eigenvalue weighted by Crippen LogP contribution is -2.17. The predicted molar refractivity (Wildman–Crippen MR) is 64.1 cm³/mol. The Morgan fingerprint density at radius 1 is 1.27 bits per heavy atom. The Morgan fingerprint density at radius 2 is 2.00 bits per heavy atom. The van der Waals surface area contributed by atoms with Crippen LogP contribution in [0.4, 0.5) is 0 Å². The highest BCUT2D eigenvalue weighted by molar-refractivity contribution is 5.36. The molecule has 0 atom stereocenters. The number of hydrogen-bond donors (Lipinski definition) is 0. The SMILES string of the molecule is CCCCc1cc(C)ccc1ON(C)C. The zero-order valence-electron chi connectivity index (χ0n) is 10.2. The molecule has 0 aliphatic rings. The van der Waals surface area contributed by atoms with Gasteiger partial charge in [-0.15, -0.1) is 0 Å². The van der Waals surface area contributed by atoms with Crippen molar-refractivity contribution in [2.24, 2.45) is 0 Å². The Hall–Kier alpha value is -1.02. The largest absolute Gasteiger partial charge is 0.406 e. The summed E-state index contributed by atoms with van der Waals surface area (Å²) in [6.07, 6.45) is 3.53. The number of unbranched alkanes of at least 4 members (excludes halogenated alkanes) is 1. The van der Waals surface area contributed by atoms with E-state index in [1.807, 2.05) is 14.1 Å². The number of hydroxylamine groups is 2. The summed E-state index contributed by atoms with van der Waals surface area (Å²) in [5, 5.41) is 1.74. The van der Waals surface area contributed by atoms with Gasteiger partial charge in [-0.2, -0.15) is 5.06 Å². The van der Waals surface area contributed by atoms with Crippen molar-refractivity contribution in [2.75, 3.05) is 14.1 Å². The third kappa shape index (κ3) is 3.92. The fraction of sp³-hybridized carbons (Fsp3) is 0.538. The number of benzene rings is 1. The predicted octanol–water partition coefficient (Wildman–Crippen LogP) is 3.19. The van der Waals surface area contributed by atoms with Gasteiger partial charge in [-0.05, 0) is 31.4 Å². The molecule has 15 heavy (non-hydrogen) atoms. The number of aryl methyl sites for hydroxylation is 2. The maximum absolute atomic E-state index is 5.63. The minimum atomic E-state index is 0.985. The highest BCUT2D eigenvalue weighted by atomic mass is 16.7. The smallest absolute Gasteiger partial charge is 0.150 e. The highest BCUT2D eigenvalue weighted by Crippen LogP contribution is 2.22. The molecule has 84 valence electrons. The van der Waals surface area contributed by atoms with Crippen molar-refractivity contribution in [3.63, 3.8) is 0 Å². The van der Waals surface area contributed by atoms with Crippen LogP contribution in [0.15, 0.2) is 18.2 Å². The molecule has 0 heterocycles. The first-order valence-electron chi connectivity index (χ1n) is 5.58. The van der Waals surface area contributed by atoms with E-state index >= 15 is 0 Å². The second kappa shape index (κ2) is 5.76. The Morgan fingerprint density at radius 3 is 2.60 bits per heavy atom. The minimum Gasteiger partial charge on any atom is -0.406 e. The van der Waals surface area contributed by atoms with Crippen LogP contribution >= 0.6 is 0 Å². The van der Waals surface area contributed by atoms with E-state index in [1.54, 1.807) is 5.06 Å². The molecule has 0 spiro atoms. The van der Waals surface area contributed by atoms with E-state index in [1.165, 1.54) is 24.0 Å². The van der Waals surface area contributed by atoms with E-state index in [0.717, 1.165) is 12.2 Å². The van der Waals surface area contributed by atoms with Gasteiger partial charge in [-0.3, -0.25) is 0 Å². The zero-order valence-corrected chi connectivity index (χ0v) is 10.2. The van der Waals surface area contributed by atoms with Gasteiger partial charge in [0.05, 0.1) is 0 Å². The van der Waals surface area contributed by atoms with Gasteiger partial charge in [0.15, 0.2) is 5.75 Å². The lowest BCUT2D eigenvalue weighted by Gasteiger charge is -2.15. The molecule has 0 saturated carbocycles. The molecule has 0 saturated heterocycles. The van der Waals surface area contributed by atoms with Crippen LogP contribution in [0.1, 0.15) is 30.9 Å². The average Bonchev–Trinajstić information content (AvgIpc) is 2.18. The first-order valence-corrected chi connectivity index (χ1v) is 5.58. The van der Waals surface area contributed by atoms with Gasteiger partial charge < -0.3 is 4.84 Å². The van der Waals surface area contributed by atoms with Crippen LogP contribution in [0.3, 0.4) is 0 Å². The number of nitrogens with zero attached hydrogens (tertiary/aromatic N) is 1. The van der Waals surface area contributed by atoms with Crippen LogP contribution in [-0.4, -0.2) is 19.2 Å². The lowest BCUT2D eigenvalue weighted by molar-refractivity contribution is -0.00433. The fourth-order valence-electron chi connectivity index (χ4n) is 1.56. The van der Waals surface area contributed by atoms with Crippen LogP contribution in [0.25, 0.3) is 0 Å². The third-order valence-corrected chi connectivity index (χ3v) is 2.30. The van der Waals surface area contributed by atoms with Crippen molar-refractivity contribution in [3.8, 4) is 5.75 Å². The molecule has 0 radical (unpaired) electrons. The van der Waals surface area contributed by atoms with Gasteiger partial charge in [0, 0.05) is 14.1 Å². The summed E-state index contributed by atoms with van der Waals surface area (Å²) in [7, 11) is 3.81. The molecule has 1 aromatic carbocycles. The van der Waals surface area contributed by atoms with Crippen molar-refractivity contribution in [2.45, 2.75) is 33.1 Å². The zero-order chi connectivity index (χ0) is 11.3. The summed E-state index contributed by atoms with van der Waals surface area (Å²) in [4.78, 5) is 5.63. The second-order valence-corrected chi connectivity index (χ2v) is 4.12. The normalized spacial score (nSPS) is 10.7. The molecule has 1 aromatic rings. The Bertz CT molecular complexity index is 307. The summed E-state index contributed by atoms with van der Waals surface area (Å²) in [6, 6.07) is 6.36. The van der Waals surface area contributed by atoms with E-state index in [2.05, 4.69) is 32.0 Å². The molecule has 0 aliphatic carbocycles. The van der Waals surface area contributed by atoms with E-state index in [4.69, 9.17) is 4.84 Å². The monoisotopic (exact) mass is 207 g/mol. The molecule has 0 aromatic heterocycles. The van der Waals surface area contributed by atoms with Gasteiger partial charge >= 0.3 is 0 Å². The summed E-state index contributed by atoms with van der Waals surface area (Å²) >= 11 is 0.